The maximum atomic E-state index is 3.91. The minimum Gasteiger partial charge on any atom is -0.297 e. The van der Waals surface area contributed by atoms with E-state index in [2.05, 4.69) is 23.5 Å². The van der Waals surface area contributed by atoms with Crippen LogP contribution in [0, 0.1) is 0 Å². The molecule has 0 spiro atoms. The van der Waals surface area contributed by atoms with Crippen LogP contribution in [0.15, 0.2) is 4.99 Å². The molecule has 0 aromatic rings. The predicted octanol–water partition coefficient (Wildman–Crippen LogP) is 1.04. The summed E-state index contributed by atoms with van der Waals surface area (Å²) in [4.78, 5) is 6.27. The van der Waals surface area contributed by atoms with Gasteiger partial charge >= 0.3 is 0 Å². The van der Waals surface area contributed by atoms with Gasteiger partial charge in [-0.05, 0) is 13.6 Å². The molecule has 52 valence electrons. The standard InChI is InChI=1S/C6H12N2S/c1-6(7-2)3-8-4-9-5-8/h6H,2-5H2,1H3. The van der Waals surface area contributed by atoms with E-state index in [9.17, 15) is 0 Å². The van der Waals surface area contributed by atoms with Gasteiger partial charge in [0, 0.05) is 18.3 Å². The average molecular weight is 144 g/mol. The normalized spacial score (nSPS) is 22.8. The molecule has 1 heterocycles. The van der Waals surface area contributed by atoms with Gasteiger partial charge in [-0.1, -0.05) is 0 Å². The van der Waals surface area contributed by atoms with Crippen molar-refractivity contribution in [3.05, 3.63) is 0 Å². The molecule has 0 radical (unpaired) electrons. The molecular formula is C6H12N2S. The number of hydrogen-bond donors (Lipinski definition) is 0. The molecule has 1 rings (SSSR count). The zero-order chi connectivity index (χ0) is 6.69. The van der Waals surface area contributed by atoms with Crippen molar-refractivity contribution in [2.24, 2.45) is 4.99 Å². The van der Waals surface area contributed by atoms with Crippen LogP contribution in [0.1, 0.15) is 6.92 Å². The number of thioether (sulfide) groups is 1. The second kappa shape index (κ2) is 3.22. The van der Waals surface area contributed by atoms with Crippen LogP contribution in [0.25, 0.3) is 0 Å². The first kappa shape index (κ1) is 7.09. The Balaban J connectivity index is 2.08. The van der Waals surface area contributed by atoms with Crippen LogP contribution in [0.2, 0.25) is 0 Å². The van der Waals surface area contributed by atoms with Crippen molar-refractivity contribution in [1.29, 1.82) is 0 Å². The highest BCUT2D eigenvalue weighted by Crippen LogP contribution is 2.18. The molecule has 1 fully saturated rings. The molecule has 0 amide bonds. The van der Waals surface area contributed by atoms with Crippen LogP contribution in [0.3, 0.4) is 0 Å². The largest absolute Gasteiger partial charge is 0.297 e. The Morgan fingerprint density at radius 3 is 2.78 bits per heavy atom. The maximum Gasteiger partial charge on any atom is 0.0591 e. The van der Waals surface area contributed by atoms with Crippen molar-refractivity contribution < 1.29 is 0 Å². The summed E-state index contributed by atoms with van der Waals surface area (Å²) in [6, 6.07) is 0.408. The Morgan fingerprint density at radius 1 is 1.78 bits per heavy atom. The highest BCUT2D eigenvalue weighted by molar-refractivity contribution is 8.00. The van der Waals surface area contributed by atoms with Gasteiger partial charge in [-0.15, -0.1) is 11.8 Å². The number of nitrogens with zero attached hydrogens (tertiary/aromatic N) is 2. The molecule has 9 heavy (non-hydrogen) atoms. The van der Waals surface area contributed by atoms with Gasteiger partial charge < -0.3 is 0 Å². The van der Waals surface area contributed by atoms with Gasteiger partial charge in [-0.3, -0.25) is 9.89 Å². The van der Waals surface area contributed by atoms with Crippen molar-refractivity contribution in [3.8, 4) is 0 Å². The van der Waals surface area contributed by atoms with E-state index in [0.29, 0.717) is 6.04 Å². The first-order chi connectivity index (χ1) is 4.33. The number of hydrogen-bond acceptors (Lipinski definition) is 3. The molecule has 1 unspecified atom stereocenters. The maximum absolute atomic E-state index is 3.91. The summed E-state index contributed by atoms with van der Waals surface area (Å²) in [5.74, 6) is 2.36. The molecule has 2 nitrogen and oxygen atoms in total. The highest BCUT2D eigenvalue weighted by atomic mass is 32.2. The van der Waals surface area contributed by atoms with Gasteiger partial charge in [-0.25, -0.2) is 0 Å². The molecule has 1 aliphatic heterocycles. The Morgan fingerprint density at radius 2 is 2.44 bits per heavy atom. The van der Waals surface area contributed by atoms with E-state index in [4.69, 9.17) is 0 Å². The SMILES string of the molecule is C=NC(C)CN1CSC1. The summed E-state index contributed by atoms with van der Waals surface area (Å²) < 4.78 is 0. The van der Waals surface area contributed by atoms with Crippen LogP contribution < -0.4 is 0 Å². The van der Waals surface area contributed by atoms with E-state index >= 15 is 0 Å². The van der Waals surface area contributed by atoms with Crippen LogP contribution in [0.5, 0.6) is 0 Å². The minimum absolute atomic E-state index is 0.408. The van der Waals surface area contributed by atoms with Crippen LogP contribution in [-0.4, -0.2) is 36.0 Å². The van der Waals surface area contributed by atoms with Gasteiger partial charge in [0.25, 0.3) is 0 Å². The summed E-state index contributed by atoms with van der Waals surface area (Å²) in [6.45, 7) is 6.66. The van der Waals surface area contributed by atoms with Gasteiger partial charge in [0.15, 0.2) is 0 Å². The van der Waals surface area contributed by atoms with Crippen molar-refractivity contribution in [1.82, 2.24) is 4.90 Å². The van der Waals surface area contributed by atoms with Crippen LogP contribution >= 0.6 is 11.8 Å². The smallest absolute Gasteiger partial charge is 0.0591 e. The fraction of sp³-hybridized carbons (Fsp3) is 0.833. The first-order valence-electron chi connectivity index (χ1n) is 3.09. The molecule has 0 bridgehead atoms. The van der Waals surface area contributed by atoms with Gasteiger partial charge in [0.2, 0.25) is 0 Å². The number of aliphatic imine (C=N–C) groups is 1. The van der Waals surface area contributed by atoms with Gasteiger partial charge in [0.1, 0.15) is 0 Å². The molecule has 1 atom stereocenters. The average Bonchev–Trinajstić information content (AvgIpc) is 1.78. The molecule has 0 aliphatic carbocycles. The van der Waals surface area contributed by atoms with Gasteiger partial charge in [-0.2, -0.15) is 0 Å². The summed E-state index contributed by atoms with van der Waals surface area (Å²) in [5, 5.41) is 0. The summed E-state index contributed by atoms with van der Waals surface area (Å²) in [5.41, 5.74) is 0. The van der Waals surface area contributed by atoms with E-state index in [0.717, 1.165) is 6.54 Å². The summed E-state index contributed by atoms with van der Waals surface area (Å²) in [6.07, 6.45) is 0. The Bertz CT molecular complexity index is 101. The summed E-state index contributed by atoms with van der Waals surface area (Å²) >= 11 is 1.96. The lowest BCUT2D eigenvalue weighted by Crippen LogP contribution is -2.36. The van der Waals surface area contributed by atoms with Crippen LogP contribution in [0.4, 0.5) is 0 Å². The second-order valence-corrected chi connectivity index (χ2v) is 3.27. The lowest BCUT2D eigenvalue weighted by molar-refractivity contribution is 0.331. The Hall–Kier alpha value is -0.0200. The lowest BCUT2D eigenvalue weighted by atomic mass is 10.3. The number of rotatable bonds is 3. The van der Waals surface area contributed by atoms with E-state index in [-0.39, 0.29) is 0 Å². The van der Waals surface area contributed by atoms with Crippen molar-refractivity contribution >= 4 is 18.5 Å². The zero-order valence-corrected chi connectivity index (χ0v) is 6.52. The molecule has 0 aromatic carbocycles. The van der Waals surface area contributed by atoms with E-state index < -0.39 is 0 Å². The second-order valence-electron chi connectivity index (χ2n) is 2.35. The van der Waals surface area contributed by atoms with E-state index in [1.165, 1.54) is 11.8 Å². The topological polar surface area (TPSA) is 15.6 Å². The Kier molecular flexibility index (Phi) is 2.54. The predicted molar refractivity (Wildman–Crippen MR) is 43.0 cm³/mol. The Labute approximate surface area is 60.3 Å². The molecular weight excluding hydrogens is 132 g/mol. The van der Waals surface area contributed by atoms with Crippen molar-refractivity contribution in [2.45, 2.75) is 13.0 Å². The fourth-order valence-corrected chi connectivity index (χ4v) is 1.41. The molecule has 3 heteroatoms. The lowest BCUT2D eigenvalue weighted by Gasteiger charge is -2.30. The van der Waals surface area contributed by atoms with Crippen molar-refractivity contribution in [2.75, 3.05) is 18.3 Å². The molecule has 0 aromatic heterocycles. The molecule has 1 saturated heterocycles. The quantitative estimate of drug-likeness (QED) is 0.550. The first-order valence-corrected chi connectivity index (χ1v) is 4.24. The molecule has 0 saturated carbocycles. The van der Waals surface area contributed by atoms with E-state index in [1.54, 1.807) is 0 Å². The summed E-state index contributed by atoms with van der Waals surface area (Å²) in [7, 11) is 0. The third-order valence-corrected chi connectivity index (χ3v) is 2.48. The van der Waals surface area contributed by atoms with E-state index in [1.807, 2.05) is 11.8 Å². The molecule has 0 N–H and O–H groups in total. The van der Waals surface area contributed by atoms with Gasteiger partial charge in [0.05, 0.1) is 6.04 Å². The highest BCUT2D eigenvalue weighted by Gasteiger charge is 2.15. The third-order valence-electron chi connectivity index (χ3n) is 1.38. The minimum atomic E-state index is 0.408. The zero-order valence-electron chi connectivity index (χ0n) is 5.71. The monoisotopic (exact) mass is 144 g/mol. The van der Waals surface area contributed by atoms with Crippen molar-refractivity contribution in [3.63, 3.8) is 0 Å². The van der Waals surface area contributed by atoms with Crippen LogP contribution in [-0.2, 0) is 0 Å². The third kappa shape index (κ3) is 1.99. The molecule has 1 aliphatic rings. The fourth-order valence-electron chi connectivity index (χ4n) is 0.757.